The molecule has 0 aliphatic carbocycles. The molecule has 1 aliphatic heterocycles. The van der Waals surface area contributed by atoms with Crippen molar-refractivity contribution in [2.45, 2.75) is 25.8 Å². The minimum Gasteiger partial charge on any atom is -0.324 e. The second kappa shape index (κ2) is 8.27. The van der Waals surface area contributed by atoms with E-state index in [1.165, 1.54) is 0 Å². The molecule has 29 heavy (non-hydrogen) atoms. The van der Waals surface area contributed by atoms with Crippen LogP contribution in [-0.4, -0.2) is 20.7 Å². The van der Waals surface area contributed by atoms with Gasteiger partial charge in [0, 0.05) is 22.2 Å². The van der Waals surface area contributed by atoms with Gasteiger partial charge in [0.05, 0.1) is 0 Å². The van der Waals surface area contributed by atoms with E-state index in [9.17, 15) is 4.79 Å². The molecule has 0 spiro atoms. The summed E-state index contributed by atoms with van der Waals surface area (Å²) in [5.41, 5.74) is 2.70. The van der Waals surface area contributed by atoms with Crippen LogP contribution in [0.1, 0.15) is 36.9 Å². The SMILES string of the molecule is CCCC(=O)Nc1nc2n(n1)[C@@H](c1ccccc1Cl)C=C(c1ccc(Cl)cc1)N2. The van der Waals surface area contributed by atoms with E-state index in [0.717, 1.165) is 23.2 Å². The van der Waals surface area contributed by atoms with E-state index < -0.39 is 0 Å². The number of nitrogens with zero attached hydrogens (tertiary/aromatic N) is 3. The van der Waals surface area contributed by atoms with Crippen molar-refractivity contribution in [1.29, 1.82) is 0 Å². The molecular formula is C21H19Cl2N5O. The lowest BCUT2D eigenvalue weighted by Crippen LogP contribution is -2.20. The van der Waals surface area contributed by atoms with Gasteiger partial charge in [0.25, 0.3) is 5.95 Å². The van der Waals surface area contributed by atoms with Crippen LogP contribution >= 0.6 is 23.2 Å². The first-order chi connectivity index (χ1) is 14.0. The maximum absolute atomic E-state index is 12.0. The number of hydrogen-bond acceptors (Lipinski definition) is 4. The molecule has 0 unspecified atom stereocenters. The molecule has 2 heterocycles. The lowest BCUT2D eigenvalue weighted by atomic mass is 10.0. The fourth-order valence-corrected chi connectivity index (χ4v) is 3.57. The third kappa shape index (κ3) is 4.13. The van der Waals surface area contributed by atoms with Crippen molar-refractivity contribution in [2.24, 2.45) is 0 Å². The molecule has 1 atom stereocenters. The van der Waals surface area contributed by atoms with Gasteiger partial charge in [-0.05, 0) is 41.8 Å². The number of carbonyl (C=O) groups is 1. The number of aromatic nitrogens is 3. The summed E-state index contributed by atoms with van der Waals surface area (Å²) in [5.74, 6) is 0.665. The number of hydrogen-bond donors (Lipinski definition) is 2. The Hall–Kier alpha value is -2.83. The third-order valence-corrected chi connectivity index (χ3v) is 5.17. The number of halogens is 2. The highest BCUT2D eigenvalue weighted by Gasteiger charge is 2.27. The highest BCUT2D eigenvalue weighted by Crippen LogP contribution is 2.36. The zero-order valence-corrected chi connectivity index (χ0v) is 17.2. The lowest BCUT2D eigenvalue weighted by molar-refractivity contribution is -0.116. The smallest absolute Gasteiger partial charge is 0.250 e. The van der Waals surface area contributed by atoms with E-state index in [1.807, 2.05) is 61.5 Å². The maximum atomic E-state index is 12.0. The Labute approximate surface area is 178 Å². The Morgan fingerprint density at radius 1 is 1.17 bits per heavy atom. The summed E-state index contributed by atoms with van der Waals surface area (Å²) in [6, 6.07) is 14.9. The number of carbonyl (C=O) groups excluding carboxylic acids is 1. The lowest BCUT2D eigenvalue weighted by Gasteiger charge is -2.24. The molecule has 2 N–H and O–H groups in total. The van der Waals surface area contributed by atoms with Crippen LogP contribution in [0.2, 0.25) is 10.0 Å². The van der Waals surface area contributed by atoms with Crippen molar-refractivity contribution in [3.63, 3.8) is 0 Å². The molecule has 6 nitrogen and oxygen atoms in total. The van der Waals surface area contributed by atoms with Gasteiger partial charge in [0.2, 0.25) is 11.9 Å². The zero-order chi connectivity index (χ0) is 20.4. The van der Waals surface area contributed by atoms with Crippen LogP contribution in [0.4, 0.5) is 11.9 Å². The fraction of sp³-hybridized carbons (Fsp3) is 0.190. The predicted octanol–water partition coefficient (Wildman–Crippen LogP) is 5.38. The average Bonchev–Trinajstić information content (AvgIpc) is 3.10. The first-order valence-electron chi connectivity index (χ1n) is 9.30. The summed E-state index contributed by atoms with van der Waals surface area (Å²) in [7, 11) is 0. The summed E-state index contributed by atoms with van der Waals surface area (Å²) in [5, 5.41) is 11.8. The summed E-state index contributed by atoms with van der Waals surface area (Å²) >= 11 is 12.5. The molecule has 0 saturated carbocycles. The molecule has 3 aromatic rings. The minimum absolute atomic E-state index is 0.115. The van der Waals surface area contributed by atoms with E-state index in [-0.39, 0.29) is 17.9 Å². The number of amides is 1. The molecule has 1 amide bonds. The van der Waals surface area contributed by atoms with Crippen LogP contribution in [0.5, 0.6) is 0 Å². The van der Waals surface area contributed by atoms with E-state index in [1.54, 1.807) is 4.68 Å². The van der Waals surface area contributed by atoms with E-state index in [4.69, 9.17) is 23.2 Å². The van der Waals surface area contributed by atoms with Crippen LogP contribution in [0.25, 0.3) is 5.70 Å². The number of rotatable bonds is 5. The number of nitrogens with one attached hydrogen (secondary N) is 2. The van der Waals surface area contributed by atoms with E-state index >= 15 is 0 Å². The molecule has 2 aromatic carbocycles. The number of fused-ring (bicyclic) bond motifs is 1. The highest BCUT2D eigenvalue weighted by atomic mass is 35.5. The number of allylic oxidation sites excluding steroid dienone is 1. The number of anilines is 2. The molecule has 0 radical (unpaired) electrons. The summed E-state index contributed by atoms with van der Waals surface area (Å²) in [4.78, 5) is 16.5. The monoisotopic (exact) mass is 427 g/mol. The van der Waals surface area contributed by atoms with Crippen molar-refractivity contribution >= 4 is 46.7 Å². The molecule has 1 aromatic heterocycles. The summed E-state index contributed by atoms with van der Waals surface area (Å²) in [6.45, 7) is 1.95. The Balaban J connectivity index is 1.76. The second-order valence-electron chi connectivity index (χ2n) is 6.68. The summed E-state index contributed by atoms with van der Waals surface area (Å²) < 4.78 is 1.72. The third-order valence-electron chi connectivity index (χ3n) is 4.57. The fourth-order valence-electron chi connectivity index (χ4n) is 3.19. The van der Waals surface area contributed by atoms with Crippen molar-refractivity contribution in [2.75, 3.05) is 10.6 Å². The van der Waals surface area contributed by atoms with Crippen molar-refractivity contribution in [3.8, 4) is 0 Å². The Morgan fingerprint density at radius 3 is 2.66 bits per heavy atom. The van der Waals surface area contributed by atoms with Gasteiger partial charge >= 0.3 is 0 Å². The highest BCUT2D eigenvalue weighted by molar-refractivity contribution is 6.31. The van der Waals surface area contributed by atoms with Crippen LogP contribution in [-0.2, 0) is 4.79 Å². The molecular weight excluding hydrogens is 409 g/mol. The molecule has 0 bridgehead atoms. The van der Waals surface area contributed by atoms with Gasteiger partial charge in [-0.3, -0.25) is 10.1 Å². The Kier molecular flexibility index (Phi) is 5.56. The molecule has 148 valence electrons. The first-order valence-corrected chi connectivity index (χ1v) is 10.1. The van der Waals surface area contributed by atoms with Crippen LogP contribution in [0.3, 0.4) is 0 Å². The van der Waals surface area contributed by atoms with Gasteiger partial charge in [-0.15, -0.1) is 5.10 Å². The van der Waals surface area contributed by atoms with E-state index in [2.05, 4.69) is 20.7 Å². The van der Waals surface area contributed by atoms with Crippen molar-refractivity contribution < 1.29 is 4.79 Å². The number of benzene rings is 2. The van der Waals surface area contributed by atoms with Crippen molar-refractivity contribution in [1.82, 2.24) is 14.8 Å². The molecule has 1 aliphatic rings. The van der Waals surface area contributed by atoms with E-state index in [0.29, 0.717) is 22.4 Å². The summed E-state index contributed by atoms with van der Waals surface area (Å²) in [6.07, 6.45) is 3.20. The topological polar surface area (TPSA) is 71.8 Å². The van der Waals surface area contributed by atoms with Crippen LogP contribution < -0.4 is 10.6 Å². The quantitative estimate of drug-likeness (QED) is 0.573. The maximum Gasteiger partial charge on any atom is 0.250 e. The van der Waals surface area contributed by atoms with Crippen LogP contribution in [0.15, 0.2) is 54.6 Å². The van der Waals surface area contributed by atoms with Crippen molar-refractivity contribution in [3.05, 3.63) is 75.8 Å². The van der Waals surface area contributed by atoms with Gasteiger partial charge < -0.3 is 5.32 Å². The molecule has 0 fully saturated rings. The molecule has 0 saturated heterocycles. The average molecular weight is 428 g/mol. The van der Waals surface area contributed by atoms with Gasteiger partial charge in [0.1, 0.15) is 6.04 Å². The second-order valence-corrected chi connectivity index (χ2v) is 7.52. The van der Waals surface area contributed by atoms with Gasteiger partial charge in [-0.25, -0.2) is 4.68 Å². The predicted molar refractivity (Wildman–Crippen MR) is 116 cm³/mol. The molecule has 8 heteroatoms. The Morgan fingerprint density at radius 2 is 1.93 bits per heavy atom. The standard InChI is InChI=1S/C21H19Cl2N5O/c1-2-5-19(29)25-20-26-21-24-17(13-8-10-14(22)11-9-13)12-18(28(21)27-20)15-6-3-4-7-16(15)23/h3-4,6-12,18H,2,5H2,1H3,(H2,24,25,26,27,29)/t18-/m1/s1. The normalized spacial score (nSPS) is 15.3. The zero-order valence-electron chi connectivity index (χ0n) is 15.7. The minimum atomic E-state index is -0.282. The largest absolute Gasteiger partial charge is 0.324 e. The van der Waals surface area contributed by atoms with Gasteiger partial charge in [-0.1, -0.05) is 60.5 Å². The molecule has 4 rings (SSSR count). The van der Waals surface area contributed by atoms with Gasteiger partial charge in [0.15, 0.2) is 0 Å². The van der Waals surface area contributed by atoms with Crippen LogP contribution in [0, 0.1) is 0 Å². The van der Waals surface area contributed by atoms with Gasteiger partial charge in [-0.2, -0.15) is 4.98 Å². The first kappa shape index (κ1) is 19.5. The Bertz CT molecular complexity index is 1070.